The molecule has 1 fully saturated rings. The van der Waals surface area contributed by atoms with Crippen molar-refractivity contribution in [3.63, 3.8) is 0 Å². The van der Waals surface area contributed by atoms with Gasteiger partial charge in [0.25, 0.3) is 0 Å². The summed E-state index contributed by atoms with van der Waals surface area (Å²) < 4.78 is 0. The zero-order valence-electron chi connectivity index (χ0n) is 23.6. The quantitative estimate of drug-likeness (QED) is 0.459. The Hall–Kier alpha value is -3.39. The van der Waals surface area contributed by atoms with E-state index in [0.29, 0.717) is 11.4 Å². The number of urea groups is 1. The number of fused-ring (bicyclic) bond motifs is 1. The second-order valence-corrected chi connectivity index (χ2v) is 11.4. The lowest BCUT2D eigenvalue weighted by molar-refractivity contribution is -0.124. The molecule has 4 rings (SSSR count). The van der Waals surface area contributed by atoms with Gasteiger partial charge in [0.2, 0.25) is 5.91 Å². The van der Waals surface area contributed by atoms with E-state index in [1.807, 2.05) is 88.3 Å². The summed E-state index contributed by atoms with van der Waals surface area (Å²) in [5.41, 5.74) is 3.32. The number of halogens is 1. The molecule has 1 heterocycles. The van der Waals surface area contributed by atoms with Crippen molar-refractivity contribution in [2.24, 2.45) is 16.4 Å². The Morgan fingerprint density at radius 1 is 1.00 bits per heavy atom. The van der Waals surface area contributed by atoms with Gasteiger partial charge in [-0.15, -0.1) is 12.4 Å². The number of hydrogen-bond acceptors (Lipinski definition) is 5. The molecule has 2 aliphatic rings. The molecular weight excluding hydrogens is 514 g/mol. The lowest BCUT2D eigenvalue weighted by Gasteiger charge is -2.28. The van der Waals surface area contributed by atoms with Crippen LogP contribution in [0.4, 0.5) is 21.9 Å². The number of hydrogen-bond donors (Lipinski definition) is 1. The molecule has 210 valence electrons. The Kier molecular flexibility index (Phi) is 9.78. The number of nitrogens with zero attached hydrogens (tertiary/aromatic N) is 4. The highest BCUT2D eigenvalue weighted by molar-refractivity contribution is 6.13. The van der Waals surface area contributed by atoms with Gasteiger partial charge < -0.3 is 10.2 Å². The molecule has 0 saturated heterocycles. The Morgan fingerprint density at radius 3 is 2.36 bits per heavy atom. The van der Waals surface area contributed by atoms with Gasteiger partial charge in [-0.3, -0.25) is 14.5 Å². The number of ketones is 1. The normalized spacial score (nSPS) is 16.0. The van der Waals surface area contributed by atoms with Gasteiger partial charge in [-0.1, -0.05) is 64.3 Å². The number of hydrazone groups is 1. The third kappa shape index (κ3) is 7.18. The van der Waals surface area contributed by atoms with Crippen LogP contribution in [-0.2, 0) is 9.59 Å². The van der Waals surface area contributed by atoms with Crippen LogP contribution in [0.15, 0.2) is 53.6 Å². The third-order valence-corrected chi connectivity index (χ3v) is 7.22. The van der Waals surface area contributed by atoms with Crippen LogP contribution in [0.1, 0.15) is 58.4 Å². The smallest absolute Gasteiger partial charge is 0.345 e. The number of anilines is 3. The van der Waals surface area contributed by atoms with E-state index in [9.17, 15) is 14.4 Å². The molecule has 1 aliphatic heterocycles. The van der Waals surface area contributed by atoms with Gasteiger partial charge in [0.1, 0.15) is 6.54 Å². The summed E-state index contributed by atoms with van der Waals surface area (Å²) in [6.45, 7) is 5.20. The van der Waals surface area contributed by atoms with Crippen molar-refractivity contribution in [2.45, 2.75) is 52.9 Å². The number of nitrogens with one attached hydrogen (secondary N) is 1. The van der Waals surface area contributed by atoms with Crippen molar-refractivity contribution in [2.75, 3.05) is 42.3 Å². The van der Waals surface area contributed by atoms with Crippen LogP contribution in [0.3, 0.4) is 0 Å². The van der Waals surface area contributed by atoms with E-state index >= 15 is 0 Å². The first-order chi connectivity index (χ1) is 18.0. The maximum Gasteiger partial charge on any atom is 0.345 e. The minimum atomic E-state index is -0.617. The summed E-state index contributed by atoms with van der Waals surface area (Å²) in [6, 6.07) is 14.7. The molecule has 0 spiro atoms. The fourth-order valence-electron chi connectivity index (χ4n) is 4.91. The second-order valence-electron chi connectivity index (χ2n) is 11.4. The summed E-state index contributed by atoms with van der Waals surface area (Å²) in [5.74, 6) is -0.223. The monoisotopic (exact) mass is 553 g/mol. The van der Waals surface area contributed by atoms with Crippen molar-refractivity contribution in [3.8, 4) is 0 Å². The minimum Gasteiger partial charge on any atom is -0.378 e. The van der Waals surface area contributed by atoms with Crippen LogP contribution in [0, 0.1) is 11.3 Å². The number of carbonyl (C=O) groups excluding carboxylic acids is 3. The molecule has 0 aromatic heterocycles. The van der Waals surface area contributed by atoms with E-state index in [0.717, 1.165) is 42.6 Å². The van der Waals surface area contributed by atoms with E-state index in [1.54, 1.807) is 0 Å². The zero-order valence-corrected chi connectivity index (χ0v) is 24.4. The maximum absolute atomic E-state index is 13.9. The van der Waals surface area contributed by atoms with Gasteiger partial charge in [-0.05, 0) is 37.1 Å². The predicted molar refractivity (Wildman–Crippen MR) is 160 cm³/mol. The average molecular weight is 554 g/mol. The first-order valence-electron chi connectivity index (χ1n) is 13.4. The minimum absolute atomic E-state index is 0. The third-order valence-electron chi connectivity index (χ3n) is 7.22. The number of Topliss-reactive ketones (excluding diaryl/α,β-unsaturated/α-hetero) is 1. The van der Waals surface area contributed by atoms with Crippen LogP contribution in [0.5, 0.6) is 0 Å². The Labute approximate surface area is 237 Å². The molecule has 9 heteroatoms. The van der Waals surface area contributed by atoms with Crippen LogP contribution in [0.25, 0.3) is 0 Å². The number of para-hydroxylation sites is 1. The van der Waals surface area contributed by atoms with Crippen molar-refractivity contribution in [3.05, 3.63) is 54.1 Å². The molecule has 1 N–H and O–H groups in total. The summed E-state index contributed by atoms with van der Waals surface area (Å²) in [5, 5.41) is 8.99. The average Bonchev–Trinajstić information content (AvgIpc) is 2.99. The van der Waals surface area contributed by atoms with Crippen molar-refractivity contribution >= 4 is 52.9 Å². The largest absolute Gasteiger partial charge is 0.378 e. The molecule has 1 aliphatic carbocycles. The number of amides is 3. The highest BCUT2D eigenvalue weighted by atomic mass is 35.5. The van der Waals surface area contributed by atoms with Gasteiger partial charge in [-0.25, -0.2) is 9.80 Å². The summed E-state index contributed by atoms with van der Waals surface area (Å²) in [6.07, 6.45) is 5.37. The highest BCUT2D eigenvalue weighted by Crippen LogP contribution is 2.34. The molecule has 1 saturated carbocycles. The van der Waals surface area contributed by atoms with E-state index in [-0.39, 0.29) is 43.1 Å². The van der Waals surface area contributed by atoms with Crippen molar-refractivity contribution < 1.29 is 14.4 Å². The second kappa shape index (κ2) is 12.6. The Morgan fingerprint density at radius 2 is 1.69 bits per heavy atom. The van der Waals surface area contributed by atoms with Gasteiger partial charge in [0.15, 0.2) is 5.78 Å². The van der Waals surface area contributed by atoms with Crippen molar-refractivity contribution in [1.29, 1.82) is 0 Å². The zero-order chi connectivity index (χ0) is 27.4. The number of rotatable bonds is 7. The topological polar surface area (TPSA) is 85.3 Å². The van der Waals surface area contributed by atoms with Crippen LogP contribution in [0.2, 0.25) is 0 Å². The lowest BCUT2D eigenvalue weighted by Crippen LogP contribution is -2.47. The summed E-state index contributed by atoms with van der Waals surface area (Å²) in [7, 11) is 3.87. The summed E-state index contributed by atoms with van der Waals surface area (Å²) >= 11 is 0. The molecule has 3 amide bonds. The molecule has 8 nitrogen and oxygen atoms in total. The van der Waals surface area contributed by atoms with Crippen molar-refractivity contribution in [1.82, 2.24) is 5.01 Å². The summed E-state index contributed by atoms with van der Waals surface area (Å²) in [4.78, 5) is 43.7. The fourth-order valence-corrected chi connectivity index (χ4v) is 4.91. The molecule has 0 bridgehead atoms. The van der Waals surface area contributed by atoms with E-state index in [2.05, 4.69) is 5.32 Å². The van der Waals surface area contributed by atoms with Crippen LogP contribution in [-0.4, -0.2) is 55.6 Å². The molecule has 2 aromatic rings. The SMILES string of the molecule is CN(C)c1cccc(NC(=O)CN2N=C(C3CCCCC3)c3ccccc3N(CC(=O)C(C)(C)C)C2=O)c1.Cl. The Balaban J connectivity index is 0.00000420. The van der Waals surface area contributed by atoms with E-state index in [4.69, 9.17) is 5.10 Å². The molecule has 2 aromatic carbocycles. The van der Waals surface area contributed by atoms with Gasteiger partial charge >= 0.3 is 6.03 Å². The molecular formula is C30H40ClN5O3. The Bertz CT molecular complexity index is 1230. The van der Waals surface area contributed by atoms with Gasteiger partial charge in [0.05, 0.1) is 17.9 Å². The van der Waals surface area contributed by atoms with E-state index in [1.165, 1.54) is 16.3 Å². The molecule has 0 atom stereocenters. The van der Waals surface area contributed by atoms with Gasteiger partial charge in [-0.2, -0.15) is 5.10 Å². The predicted octanol–water partition coefficient (Wildman–Crippen LogP) is 5.95. The van der Waals surface area contributed by atoms with Crippen LogP contribution >= 0.6 is 12.4 Å². The lowest BCUT2D eigenvalue weighted by atomic mass is 9.83. The van der Waals surface area contributed by atoms with Crippen LogP contribution < -0.4 is 15.1 Å². The molecule has 0 unspecified atom stereocenters. The molecule has 0 radical (unpaired) electrons. The van der Waals surface area contributed by atoms with Gasteiger partial charge in [0, 0.05) is 42.4 Å². The first kappa shape index (κ1) is 30.2. The molecule has 39 heavy (non-hydrogen) atoms. The maximum atomic E-state index is 13.9. The highest BCUT2D eigenvalue weighted by Gasteiger charge is 2.36. The number of carbonyl (C=O) groups is 3. The number of benzene rings is 2. The standard InChI is InChI=1S/C30H39N5O3.ClH/c1-30(2,3)26(36)19-34-25-17-10-9-16-24(25)28(21-12-7-6-8-13-21)32-35(29(34)38)20-27(37)31-22-14-11-15-23(18-22)33(4)5;/h9-11,14-18,21H,6-8,12-13,19-20H2,1-5H3,(H,31,37);1H. The van der Waals surface area contributed by atoms with E-state index < -0.39 is 11.4 Å². The fraction of sp³-hybridized carbons (Fsp3) is 0.467. The first-order valence-corrected chi connectivity index (χ1v) is 13.4.